The zero-order valence-corrected chi connectivity index (χ0v) is 22.5. The third-order valence-corrected chi connectivity index (χ3v) is 7.98. The minimum atomic E-state index is -3.95. The van der Waals surface area contributed by atoms with Crippen molar-refractivity contribution < 1.29 is 27.5 Å². The number of ether oxygens (including phenoxy) is 2. The lowest BCUT2D eigenvalue weighted by atomic mass is 10.1. The molecule has 206 valence electrons. The van der Waals surface area contributed by atoms with E-state index in [2.05, 4.69) is 10.0 Å². The number of anilines is 2. The van der Waals surface area contributed by atoms with E-state index in [9.17, 15) is 18.0 Å². The molecule has 4 aromatic rings. The number of hydrogen-bond acceptors (Lipinski definition) is 6. The molecule has 0 unspecified atom stereocenters. The molecule has 10 heteroatoms. The Morgan fingerprint density at radius 3 is 2.40 bits per heavy atom. The second-order valence-electron chi connectivity index (χ2n) is 9.32. The highest BCUT2D eigenvalue weighted by molar-refractivity contribution is 7.93. The average molecular weight is 560 g/mol. The van der Waals surface area contributed by atoms with E-state index >= 15 is 0 Å². The Hall–Kier alpha value is -4.41. The number of amides is 2. The molecule has 0 bridgehead atoms. The molecule has 1 aliphatic heterocycles. The molecule has 1 heterocycles. The van der Waals surface area contributed by atoms with Gasteiger partial charge in [0.25, 0.3) is 10.0 Å². The van der Waals surface area contributed by atoms with Gasteiger partial charge < -0.3 is 14.4 Å². The van der Waals surface area contributed by atoms with E-state index in [1.807, 2.05) is 30.3 Å². The number of nitrogens with zero attached hydrogens (tertiary/aromatic N) is 1. The van der Waals surface area contributed by atoms with Gasteiger partial charge in [0.05, 0.1) is 23.8 Å². The molecule has 2 N–H and O–H groups in total. The van der Waals surface area contributed by atoms with Crippen LogP contribution in [0, 0.1) is 0 Å². The van der Waals surface area contributed by atoms with Crippen molar-refractivity contribution in [3.8, 4) is 0 Å². The summed E-state index contributed by atoms with van der Waals surface area (Å²) in [4.78, 5) is 26.2. The van der Waals surface area contributed by atoms with Crippen molar-refractivity contribution in [2.45, 2.75) is 17.9 Å². The molecule has 5 rings (SSSR count). The van der Waals surface area contributed by atoms with Gasteiger partial charge in [0.2, 0.25) is 5.91 Å². The highest BCUT2D eigenvalue weighted by Crippen LogP contribution is 2.30. The number of hydrogen-bond donors (Lipinski definition) is 2. The van der Waals surface area contributed by atoms with Crippen molar-refractivity contribution in [2.24, 2.45) is 0 Å². The van der Waals surface area contributed by atoms with E-state index in [-0.39, 0.29) is 24.0 Å². The van der Waals surface area contributed by atoms with Gasteiger partial charge in [-0.1, -0.05) is 66.7 Å². The molecular formula is C30H29N3O6S. The molecule has 1 aliphatic rings. The van der Waals surface area contributed by atoms with Crippen LogP contribution >= 0.6 is 0 Å². The molecule has 9 nitrogen and oxygen atoms in total. The lowest BCUT2D eigenvalue weighted by Gasteiger charge is -2.26. The molecule has 1 saturated heterocycles. The van der Waals surface area contributed by atoms with Crippen LogP contribution in [-0.4, -0.2) is 51.7 Å². The largest absolute Gasteiger partial charge is 0.449 e. The molecule has 0 saturated carbocycles. The van der Waals surface area contributed by atoms with Gasteiger partial charge in [-0.15, -0.1) is 0 Å². The first kappa shape index (κ1) is 27.2. The summed E-state index contributed by atoms with van der Waals surface area (Å²) < 4.78 is 39.9. The van der Waals surface area contributed by atoms with Crippen LogP contribution in [0.4, 0.5) is 16.2 Å². The topological polar surface area (TPSA) is 114 Å². The second-order valence-corrected chi connectivity index (χ2v) is 11.0. The second kappa shape index (κ2) is 12.2. The number of rotatable bonds is 9. The summed E-state index contributed by atoms with van der Waals surface area (Å²) in [7, 11) is -3.95. The van der Waals surface area contributed by atoms with Gasteiger partial charge in [-0.3, -0.25) is 14.8 Å². The van der Waals surface area contributed by atoms with Crippen molar-refractivity contribution in [2.75, 3.05) is 36.4 Å². The van der Waals surface area contributed by atoms with Crippen LogP contribution in [0.15, 0.2) is 95.9 Å². The number of fused-ring (bicyclic) bond motifs is 1. The van der Waals surface area contributed by atoms with Gasteiger partial charge >= 0.3 is 6.09 Å². The minimum absolute atomic E-state index is 0.0682. The smallest absolute Gasteiger partial charge is 0.411 e. The van der Waals surface area contributed by atoms with Crippen LogP contribution < -0.4 is 10.0 Å². The van der Waals surface area contributed by atoms with Gasteiger partial charge in [-0.2, -0.15) is 0 Å². The Bertz CT molecular complexity index is 1610. The molecule has 0 spiro atoms. The molecule has 0 radical (unpaired) electrons. The first-order chi connectivity index (χ1) is 19.4. The van der Waals surface area contributed by atoms with E-state index in [0.717, 1.165) is 11.1 Å². The normalized spacial score (nSPS) is 13.7. The predicted molar refractivity (Wildman–Crippen MR) is 153 cm³/mol. The Morgan fingerprint density at radius 2 is 1.62 bits per heavy atom. The Kier molecular flexibility index (Phi) is 8.28. The first-order valence-electron chi connectivity index (χ1n) is 12.9. The zero-order chi connectivity index (χ0) is 28.0. The van der Waals surface area contributed by atoms with Crippen LogP contribution in [-0.2, 0) is 37.3 Å². The quantitative estimate of drug-likeness (QED) is 0.305. The van der Waals surface area contributed by atoms with Crippen molar-refractivity contribution >= 4 is 44.2 Å². The predicted octanol–water partition coefficient (Wildman–Crippen LogP) is 4.79. The van der Waals surface area contributed by atoms with Crippen LogP contribution in [0.2, 0.25) is 0 Å². The highest BCUT2D eigenvalue weighted by Gasteiger charge is 2.20. The van der Waals surface area contributed by atoms with Crippen molar-refractivity contribution in [3.05, 3.63) is 102 Å². The monoisotopic (exact) mass is 559 g/mol. The summed E-state index contributed by atoms with van der Waals surface area (Å²) in [6, 6.07) is 26.6. The molecular weight excluding hydrogens is 530 g/mol. The summed E-state index contributed by atoms with van der Waals surface area (Å²) in [5, 5.41) is 3.75. The molecule has 2 amide bonds. The average Bonchev–Trinajstić information content (AvgIpc) is 2.95. The van der Waals surface area contributed by atoms with Gasteiger partial charge in [0.1, 0.15) is 6.61 Å². The molecule has 40 heavy (non-hydrogen) atoms. The lowest BCUT2D eigenvalue weighted by molar-refractivity contribution is -0.143. The van der Waals surface area contributed by atoms with Gasteiger partial charge in [-0.05, 0) is 35.4 Å². The fraction of sp³-hybridized carbons (Fsp3) is 0.200. The number of morpholine rings is 1. The third-order valence-electron chi connectivity index (χ3n) is 6.54. The third kappa shape index (κ3) is 6.59. The fourth-order valence-corrected chi connectivity index (χ4v) is 5.78. The van der Waals surface area contributed by atoms with E-state index in [1.165, 1.54) is 6.07 Å². The van der Waals surface area contributed by atoms with Crippen LogP contribution in [0.25, 0.3) is 10.8 Å². The van der Waals surface area contributed by atoms with Gasteiger partial charge in [-0.25, -0.2) is 13.2 Å². The summed E-state index contributed by atoms with van der Waals surface area (Å²) in [6.45, 7) is 1.75. The Balaban J connectivity index is 1.27. The van der Waals surface area contributed by atoms with Crippen LogP contribution in [0.5, 0.6) is 0 Å². The Labute approximate surface area is 232 Å². The fourth-order valence-electron chi connectivity index (χ4n) is 4.50. The standard InChI is InChI=1S/C30H29N3O6S/c34-29-21-38-19-17-33(29)20-23-12-14-24(15-13-23)32-40(36,37)28-11-5-8-25-26(28)9-4-10-27(25)31-30(35)39-18-16-22-6-2-1-3-7-22/h1-15,32H,16-21H2,(H,31,35). The van der Waals surface area contributed by atoms with Gasteiger partial charge in [0.15, 0.2) is 0 Å². The minimum Gasteiger partial charge on any atom is -0.449 e. The number of nitrogens with one attached hydrogen (secondary N) is 2. The first-order valence-corrected chi connectivity index (χ1v) is 14.3. The summed E-state index contributed by atoms with van der Waals surface area (Å²) in [5.41, 5.74) is 2.78. The van der Waals surface area contributed by atoms with E-state index in [1.54, 1.807) is 59.5 Å². The molecule has 1 fully saturated rings. The zero-order valence-electron chi connectivity index (χ0n) is 21.7. The number of benzene rings is 4. The SMILES string of the molecule is O=C(Nc1cccc2c(S(=O)(=O)Nc3ccc(CN4CCOCC4=O)cc3)cccc12)OCCc1ccccc1. The van der Waals surface area contributed by atoms with Crippen molar-refractivity contribution in [1.29, 1.82) is 0 Å². The van der Waals surface area contributed by atoms with Crippen LogP contribution in [0.1, 0.15) is 11.1 Å². The Morgan fingerprint density at radius 1 is 0.875 bits per heavy atom. The molecule has 0 aromatic heterocycles. The summed E-state index contributed by atoms with van der Waals surface area (Å²) in [6.07, 6.45) is -0.0295. The van der Waals surface area contributed by atoms with E-state index in [4.69, 9.17) is 9.47 Å². The van der Waals surface area contributed by atoms with E-state index in [0.29, 0.717) is 48.3 Å². The number of carbonyl (C=O) groups is 2. The van der Waals surface area contributed by atoms with Gasteiger partial charge in [0, 0.05) is 36.0 Å². The molecule has 0 aliphatic carbocycles. The summed E-state index contributed by atoms with van der Waals surface area (Å²) >= 11 is 0. The number of carbonyl (C=O) groups excluding carboxylic acids is 2. The maximum absolute atomic E-state index is 13.4. The van der Waals surface area contributed by atoms with E-state index < -0.39 is 16.1 Å². The highest BCUT2D eigenvalue weighted by atomic mass is 32.2. The summed E-state index contributed by atoms with van der Waals surface area (Å²) in [5.74, 6) is -0.0682. The molecule has 4 aromatic carbocycles. The van der Waals surface area contributed by atoms with Crippen molar-refractivity contribution in [3.63, 3.8) is 0 Å². The lowest BCUT2D eigenvalue weighted by Crippen LogP contribution is -2.40. The number of sulfonamides is 1. The molecule has 0 atom stereocenters. The maximum Gasteiger partial charge on any atom is 0.411 e. The maximum atomic E-state index is 13.4. The van der Waals surface area contributed by atoms with Crippen LogP contribution in [0.3, 0.4) is 0 Å². The van der Waals surface area contributed by atoms with Crippen molar-refractivity contribution in [1.82, 2.24) is 4.90 Å².